The van der Waals surface area contributed by atoms with Gasteiger partial charge in [-0.25, -0.2) is 4.98 Å². The van der Waals surface area contributed by atoms with Gasteiger partial charge in [-0.15, -0.1) is 0 Å². The average molecular weight is 391 g/mol. The normalized spacial score (nSPS) is 10.7. The van der Waals surface area contributed by atoms with Crippen molar-refractivity contribution in [2.45, 2.75) is 0 Å². The molecular formula is C25H17N3O2. The molecule has 144 valence electrons. The van der Waals surface area contributed by atoms with Crippen LogP contribution in [-0.2, 0) is 0 Å². The molecule has 0 saturated heterocycles. The van der Waals surface area contributed by atoms with Crippen LogP contribution in [0.25, 0.3) is 34.0 Å². The molecule has 0 aliphatic rings. The molecule has 2 heterocycles. The zero-order valence-corrected chi connectivity index (χ0v) is 16.0. The Kier molecular flexibility index (Phi) is 4.76. The van der Waals surface area contributed by atoms with Crippen LogP contribution in [-0.4, -0.2) is 15.1 Å². The number of hydrogen-bond donors (Lipinski definition) is 0. The summed E-state index contributed by atoms with van der Waals surface area (Å²) in [6, 6.07) is 31.4. The highest BCUT2D eigenvalue weighted by Gasteiger charge is 2.12. The molecule has 0 amide bonds. The van der Waals surface area contributed by atoms with Gasteiger partial charge < -0.3 is 9.26 Å². The minimum absolute atomic E-state index is 0.473. The third kappa shape index (κ3) is 3.82. The van der Waals surface area contributed by atoms with Crippen molar-refractivity contribution in [2.75, 3.05) is 0 Å². The van der Waals surface area contributed by atoms with Crippen molar-refractivity contribution in [3.63, 3.8) is 0 Å². The smallest absolute Gasteiger partial charge is 0.258 e. The number of pyridine rings is 1. The summed E-state index contributed by atoms with van der Waals surface area (Å²) in [5.74, 6) is 2.16. The number of ether oxygens (including phenoxy) is 1. The molecule has 0 radical (unpaired) electrons. The highest BCUT2D eigenvalue weighted by Crippen LogP contribution is 2.28. The van der Waals surface area contributed by atoms with Gasteiger partial charge in [0, 0.05) is 23.4 Å². The van der Waals surface area contributed by atoms with Gasteiger partial charge in [-0.3, -0.25) is 0 Å². The van der Waals surface area contributed by atoms with Gasteiger partial charge in [0.25, 0.3) is 5.89 Å². The fourth-order valence-corrected chi connectivity index (χ4v) is 3.12. The first-order valence-corrected chi connectivity index (χ1v) is 9.54. The SMILES string of the molecule is c1ccc(-c2ccc(-c3nc(-c4cccc(Oc5ccccn5)c4)no3)cc2)cc1. The molecule has 3 aromatic carbocycles. The molecule has 5 nitrogen and oxygen atoms in total. The van der Waals surface area contributed by atoms with Crippen LogP contribution in [0.3, 0.4) is 0 Å². The van der Waals surface area contributed by atoms with Crippen molar-refractivity contribution in [1.82, 2.24) is 15.1 Å². The standard InChI is InChI=1S/C25H17N3O2/c1-2-7-18(8-3-1)19-12-14-20(15-13-19)25-27-24(28-30-25)21-9-6-10-22(17-21)29-23-11-4-5-16-26-23/h1-17H. The van der Waals surface area contributed by atoms with Gasteiger partial charge in [0.2, 0.25) is 11.7 Å². The van der Waals surface area contributed by atoms with E-state index in [1.807, 2.05) is 66.7 Å². The van der Waals surface area contributed by atoms with Crippen molar-refractivity contribution in [1.29, 1.82) is 0 Å². The summed E-state index contributed by atoms with van der Waals surface area (Å²) in [6.45, 7) is 0. The van der Waals surface area contributed by atoms with Gasteiger partial charge in [0.1, 0.15) is 5.75 Å². The Hall–Kier alpha value is -4.25. The van der Waals surface area contributed by atoms with Crippen molar-refractivity contribution < 1.29 is 9.26 Å². The number of nitrogens with zero attached hydrogens (tertiary/aromatic N) is 3. The molecule has 0 atom stereocenters. The van der Waals surface area contributed by atoms with Gasteiger partial charge in [-0.2, -0.15) is 4.98 Å². The topological polar surface area (TPSA) is 61.0 Å². The van der Waals surface area contributed by atoms with E-state index in [1.165, 1.54) is 5.56 Å². The van der Waals surface area contributed by atoms with E-state index in [-0.39, 0.29) is 0 Å². The second-order valence-electron chi connectivity index (χ2n) is 6.66. The minimum atomic E-state index is 0.473. The molecule has 0 aliphatic heterocycles. The molecule has 0 fully saturated rings. The Bertz CT molecular complexity index is 1250. The fourth-order valence-electron chi connectivity index (χ4n) is 3.12. The summed E-state index contributed by atoms with van der Waals surface area (Å²) in [7, 11) is 0. The monoisotopic (exact) mass is 391 g/mol. The molecule has 0 unspecified atom stereocenters. The van der Waals surface area contributed by atoms with E-state index in [0.717, 1.165) is 16.7 Å². The Morgan fingerprint density at radius 3 is 2.17 bits per heavy atom. The molecule has 5 aromatic rings. The first-order valence-electron chi connectivity index (χ1n) is 9.54. The van der Waals surface area contributed by atoms with Crippen molar-refractivity contribution in [2.24, 2.45) is 0 Å². The van der Waals surface area contributed by atoms with Crippen LogP contribution in [0.4, 0.5) is 0 Å². The van der Waals surface area contributed by atoms with Crippen molar-refractivity contribution in [3.05, 3.63) is 103 Å². The molecule has 5 heteroatoms. The van der Waals surface area contributed by atoms with Crippen LogP contribution in [0.2, 0.25) is 0 Å². The van der Waals surface area contributed by atoms with Gasteiger partial charge in [-0.05, 0) is 41.5 Å². The third-order valence-electron chi connectivity index (χ3n) is 4.62. The minimum Gasteiger partial charge on any atom is -0.439 e. The maximum Gasteiger partial charge on any atom is 0.258 e. The molecule has 2 aromatic heterocycles. The predicted molar refractivity (Wildman–Crippen MR) is 115 cm³/mol. The van der Waals surface area contributed by atoms with E-state index in [4.69, 9.17) is 9.26 Å². The maximum absolute atomic E-state index is 5.79. The molecule has 0 N–H and O–H groups in total. The Morgan fingerprint density at radius 1 is 0.633 bits per heavy atom. The van der Waals surface area contributed by atoms with Crippen LogP contribution in [0, 0.1) is 0 Å². The summed E-state index contributed by atoms with van der Waals surface area (Å²) in [5, 5.41) is 4.13. The Balaban J connectivity index is 1.37. The number of aromatic nitrogens is 3. The average Bonchev–Trinajstić information content (AvgIpc) is 3.31. The van der Waals surface area contributed by atoms with Crippen LogP contribution < -0.4 is 4.74 Å². The number of hydrogen-bond acceptors (Lipinski definition) is 5. The quantitative estimate of drug-likeness (QED) is 0.354. The molecule has 30 heavy (non-hydrogen) atoms. The Morgan fingerprint density at radius 2 is 1.37 bits per heavy atom. The van der Waals surface area contributed by atoms with Gasteiger partial charge in [-0.1, -0.05) is 65.8 Å². The molecule has 5 rings (SSSR count). The first-order chi connectivity index (χ1) is 14.8. The Labute approximate surface area is 173 Å². The largest absolute Gasteiger partial charge is 0.439 e. The lowest BCUT2D eigenvalue weighted by Crippen LogP contribution is -1.88. The van der Waals surface area contributed by atoms with E-state index < -0.39 is 0 Å². The molecular weight excluding hydrogens is 374 g/mol. The van der Waals surface area contributed by atoms with E-state index in [0.29, 0.717) is 23.3 Å². The lowest BCUT2D eigenvalue weighted by molar-refractivity contribution is 0.432. The van der Waals surface area contributed by atoms with Crippen molar-refractivity contribution >= 4 is 0 Å². The zero-order valence-electron chi connectivity index (χ0n) is 16.0. The summed E-state index contributed by atoms with van der Waals surface area (Å²) < 4.78 is 11.3. The van der Waals surface area contributed by atoms with E-state index in [9.17, 15) is 0 Å². The zero-order chi connectivity index (χ0) is 20.2. The molecule has 0 aliphatic carbocycles. The fraction of sp³-hybridized carbons (Fsp3) is 0. The summed E-state index contributed by atoms with van der Waals surface area (Å²) in [4.78, 5) is 8.73. The predicted octanol–water partition coefficient (Wildman–Crippen LogP) is 6.26. The number of benzene rings is 3. The second kappa shape index (κ2) is 8.01. The van der Waals surface area contributed by atoms with Crippen LogP contribution in [0.15, 0.2) is 108 Å². The van der Waals surface area contributed by atoms with E-state index >= 15 is 0 Å². The van der Waals surface area contributed by atoms with Gasteiger partial charge in [0.05, 0.1) is 0 Å². The molecule has 0 bridgehead atoms. The van der Waals surface area contributed by atoms with Crippen molar-refractivity contribution in [3.8, 4) is 45.6 Å². The number of rotatable bonds is 5. The van der Waals surface area contributed by atoms with Crippen LogP contribution in [0.5, 0.6) is 11.6 Å². The van der Waals surface area contributed by atoms with Gasteiger partial charge in [0.15, 0.2) is 0 Å². The summed E-state index contributed by atoms with van der Waals surface area (Å²) in [5.41, 5.74) is 3.98. The van der Waals surface area contributed by atoms with E-state index in [2.05, 4.69) is 39.4 Å². The first kappa shape index (κ1) is 17.8. The van der Waals surface area contributed by atoms with Gasteiger partial charge >= 0.3 is 0 Å². The maximum atomic E-state index is 5.79. The van der Waals surface area contributed by atoms with E-state index in [1.54, 1.807) is 12.3 Å². The highest BCUT2D eigenvalue weighted by molar-refractivity contribution is 5.68. The lowest BCUT2D eigenvalue weighted by atomic mass is 10.0. The molecule has 0 saturated carbocycles. The highest BCUT2D eigenvalue weighted by atomic mass is 16.5. The third-order valence-corrected chi connectivity index (χ3v) is 4.62. The summed E-state index contributed by atoms with van der Waals surface area (Å²) >= 11 is 0. The summed E-state index contributed by atoms with van der Waals surface area (Å²) in [6.07, 6.45) is 1.69. The second-order valence-corrected chi connectivity index (χ2v) is 6.66. The lowest BCUT2D eigenvalue weighted by Gasteiger charge is -2.04. The molecule has 0 spiro atoms. The van der Waals surface area contributed by atoms with Crippen LogP contribution in [0.1, 0.15) is 0 Å². The van der Waals surface area contributed by atoms with Crippen LogP contribution >= 0.6 is 0 Å².